The molecule has 0 aliphatic carbocycles. The average molecular weight is 522 g/mol. The summed E-state index contributed by atoms with van der Waals surface area (Å²) in [6, 6.07) is 4.20. The van der Waals surface area contributed by atoms with E-state index in [1.807, 2.05) is 6.07 Å². The number of unbranched alkanes of at least 4 members (excludes halogenated alkanes) is 1. The molecular formula is C21H39IN4O3. The van der Waals surface area contributed by atoms with Gasteiger partial charge in [0.1, 0.15) is 5.76 Å². The summed E-state index contributed by atoms with van der Waals surface area (Å²) < 4.78 is 16.8. The summed E-state index contributed by atoms with van der Waals surface area (Å²) in [7, 11) is 0. The lowest BCUT2D eigenvalue weighted by Crippen LogP contribution is -2.40. The predicted molar refractivity (Wildman–Crippen MR) is 128 cm³/mol. The van der Waals surface area contributed by atoms with Crippen molar-refractivity contribution in [3.05, 3.63) is 24.2 Å². The molecule has 2 N–H and O–H groups in total. The van der Waals surface area contributed by atoms with Crippen molar-refractivity contribution >= 4 is 29.9 Å². The van der Waals surface area contributed by atoms with Crippen LogP contribution in [-0.4, -0.2) is 70.0 Å². The first-order valence-electron chi connectivity index (χ1n) is 10.8. The Hall–Kier alpha value is -0.840. The topological polar surface area (TPSA) is 71.3 Å². The molecule has 0 aromatic carbocycles. The lowest BCUT2D eigenvalue weighted by atomic mass is 10.2. The van der Waals surface area contributed by atoms with Crippen molar-refractivity contribution in [3.63, 3.8) is 0 Å². The van der Waals surface area contributed by atoms with E-state index in [9.17, 15) is 0 Å². The van der Waals surface area contributed by atoms with Crippen molar-refractivity contribution < 1.29 is 13.9 Å². The van der Waals surface area contributed by atoms with E-state index in [0.717, 1.165) is 57.3 Å². The summed E-state index contributed by atoms with van der Waals surface area (Å²) in [4.78, 5) is 7.26. The molecule has 2 rings (SSSR count). The van der Waals surface area contributed by atoms with Gasteiger partial charge in [0.15, 0.2) is 5.96 Å². The van der Waals surface area contributed by atoms with E-state index in [-0.39, 0.29) is 30.0 Å². The second-order valence-electron chi connectivity index (χ2n) is 7.00. The standard InChI is InChI=1S/C21H38N4O3.HI/c1-3-5-13-26-16-17-27-15-10-23-21(22-4-2)24-18-19(20-9-8-14-28-20)25-11-6-7-12-25;/h8-9,14,19H,3-7,10-13,15-18H2,1-2H3,(H2,22,23,24);1H. The first kappa shape index (κ1) is 26.2. The van der Waals surface area contributed by atoms with Crippen molar-refractivity contribution in [2.45, 2.75) is 45.6 Å². The molecule has 0 spiro atoms. The second kappa shape index (κ2) is 16.9. The van der Waals surface area contributed by atoms with Crippen molar-refractivity contribution in [3.8, 4) is 0 Å². The van der Waals surface area contributed by atoms with E-state index < -0.39 is 0 Å². The van der Waals surface area contributed by atoms with Crippen molar-refractivity contribution in [2.24, 2.45) is 4.99 Å². The van der Waals surface area contributed by atoms with E-state index >= 15 is 0 Å². The van der Waals surface area contributed by atoms with E-state index in [0.29, 0.717) is 26.4 Å². The average Bonchev–Trinajstić information content (AvgIpc) is 3.41. The molecule has 1 unspecified atom stereocenters. The van der Waals surface area contributed by atoms with Gasteiger partial charge in [-0.1, -0.05) is 13.3 Å². The van der Waals surface area contributed by atoms with Crippen LogP contribution >= 0.6 is 24.0 Å². The smallest absolute Gasteiger partial charge is 0.191 e. The Labute approximate surface area is 193 Å². The molecule has 1 atom stereocenters. The van der Waals surface area contributed by atoms with Crippen LogP contribution in [-0.2, 0) is 9.47 Å². The molecule has 29 heavy (non-hydrogen) atoms. The lowest BCUT2D eigenvalue weighted by molar-refractivity contribution is 0.0487. The number of aliphatic imine (C=N–C) groups is 1. The number of likely N-dealkylation sites (tertiary alicyclic amines) is 1. The molecule has 0 bridgehead atoms. The first-order valence-corrected chi connectivity index (χ1v) is 10.8. The maximum Gasteiger partial charge on any atom is 0.191 e. The highest BCUT2D eigenvalue weighted by Gasteiger charge is 2.25. The largest absolute Gasteiger partial charge is 0.468 e. The molecule has 7 nitrogen and oxygen atoms in total. The van der Waals surface area contributed by atoms with E-state index in [1.54, 1.807) is 6.26 Å². The fourth-order valence-electron chi connectivity index (χ4n) is 3.25. The molecule has 0 saturated carbocycles. The van der Waals surface area contributed by atoms with Crippen molar-refractivity contribution in [1.29, 1.82) is 0 Å². The van der Waals surface area contributed by atoms with Crippen LogP contribution in [0, 0.1) is 0 Å². The third kappa shape index (κ3) is 10.7. The number of halogens is 1. The van der Waals surface area contributed by atoms with Crippen LogP contribution in [0.3, 0.4) is 0 Å². The van der Waals surface area contributed by atoms with Gasteiger partial charge in [0.2, 0.25) is 0 Å². The lowest BCUT2D eigenvalue weighted by Gasteiger charge is -2.24. The van der Waals surface area contributed by atoms with E-state index in [4.69, 9.17) is 18.9 Å². The zero-order chi connectivity index (χ0) is 19.9. The predicted octanol–water partition coefficient (Wildman–Crippen LogP) is 3.42. The molecular weight excluding hydrogens is 483 g/mol. The zero-order valence-corrected chi connectivity index (χ0v) is 20.4. The molecule has 168 valence electrons. The van der Waals surface area contributed by atoms with Gasteiger partial charge in [-0.05, 0) is 51.4 Å². The third-order valence-corrected chi connectivity index (χ3v) is 4.77. The summed E-state index contributed by atoms with van der Waals surface area (Å²) in [6.45, 7) is 11.4. The Morgan fingerprint density at radius 1 is 1.14 bits per heavy atom. The summed E-state index contributed by atoms with van der Waals surface area (Å²) in [5.74, 6) is 1.81. The number of hydrogen-bond acceptors (Lipinski definition) is 5. The van der Waals surface area contributed by atoms with Crippen LogP contribution in [0.4, 0.5) is 0 Å². The molecule has 1 fully saturated rings. The minimum Gasteiger partial charge on any atom is -0.468 e. The van der Waals surface area contributed by atoms with Gasteiger partial charge >= 0.3 is 0 Å². The molecule has 0 amide bonds. The van der Waals surface area contributed by atoms with Crippen LogP contribution in [0.1, 0.15) is 51.3 Å². The molecule has 1 aliphatic rings. The molecule has 2 heterocycles. The highest BCUT2D eigenvalue weighted by atomic mass is 127. The highest BCUT2D eigenvalue weighted by Crippen LogP contribution is 2.25. The molecule has 1 aliphatic heterocycles. The molecule has 8 heteroatoms. The third-order valence-electron chi connectivity index (χ3n) is 4.77. The molecule has 0 radical (unpaired) electrons. The fraction of sp³-hybridized carbons (Fsp3) is 0.762. The number of rotatable bonds is 14. The Morgan fingerprint density at radius 3 is 2.55 bits per heavy atom. The van der Waals surface area contributed by atoms with E-state index in [2.05, 4.69) is 35.4 Å². The Balaban J connectivity index is 0.00000420. The van der Waals surface area contributed by atoms with Gasteiger partial charge in [-0.2, -0.15) is 0 Å². The SMILES string of the molecule is CCCCOCCOCCNC(=NCC(c1ccco1)N1CCCC1)NCC.I. The van der Waals surface area contributed by atoms with Crippen LogP contribution in [0.25, 0.3) is 0 Å². The number of nitrogens with one attached hydrogen (secondary N) is 2. The van der Waals surface area contributed by atoms with Crippen LogP contribution in [0.5, 0.6) is 0 Å². The van der Waals surface area contributed by atoms with Gasteiger partial charge in [0.25, 0.3) is 0 Å². The Bertz CT molecular complexity index is 522. The summed E-state index contributed by atoms with van der Waals surface area (Å²) >= 11 is 0. The van der Waals surface area contributed by atoms with Crippen molar-refractivity contribution in [1.82, 2.24) is 15.5 Å². The van der Waals surface area contributed by atoms with Crippen LogP contribution < -0.4 is 10.6 Å². The monoisotopic (exact) mass is 522 g/mol. The fourth-order valence-corrected chi connectivity index (χ4v) is 3.25. The van der Waals surface area contributed by atoms with Crippen molar-refractivity contribution in [2.75, 3.05) is 59.2 Å². The van der Waals surface area contributed by atoms with Crippen LogP contribution in [0.2, 0.25) is 0 Å². The van der Waals surface area contributed by atoms with E-state index in [1.165, 1.54) is 12.8 Å². The zero-order valence-electron chi connectivity index (χ0n) is 18.0. The van der Waals surface area contributed by atoms with Gasteiger partial charge in [0.05, 0.1) is 38.7 Å². The quantitative estimate of drug-likeness (QED) is 0.169. The number of furan rings is 1. The first-order chi connectivity index (χ1) is 13.8. The van der Waals surface area contributed by atoms with Gasteiger partial charge in [-0.25, -0.2) is 0 Å². The van der Waals surface area contributed by atoms with Gasteiger partial charge in [-0.3, -0.25) is 9.89 Å². The summed E-state index contributed by atoms with van der Waals surface area (Å²) in [5.41, 5.74) is 0. The van der Waals surface area contributed by atoms with Crippen LogP contribution in [0.15, 0.2) is 27.8 Å². The number of nitrogens with zero attached hydrogens (tertiary/aromatic N) is 2. The summed E-state index contributed by atoms with van der Waals surface area (Å²) in [6.07, 6.45) is 6.52. The summed E-state index contributed by atoms with van der Waals surface area (Å²) in [5, 5.41) is 6.66. The Morgan fingerprint density at radius 2 is 1.90 bits per heavy atom. The second-order valence-corrected chi connectivity index (χ2v) is 7.00. The molecule has 1 aromatic rings. The number of ether oxygens (including phenoxy) is 2. The number of guanidine groups is 1. The Kier molecular flexibility index (Phi) is 15.3. The minimum atomic E-state index is 0. The molecule has 1 aromatic heterocycles. The number of hydrogen-bond donors (Lipinski definition) is 2. The highest BCUT2D eigenvalue weighted by molar-refractivity contribution is 14.0. The normalized spacial score (nSPS) is 15.9. The minimum absolute atomic E-state index is 0. The maximum absolute atomic E-state index is 5.68. The molecule has 1 saturated heterocycles. The van der Waals surface area contributed by atoms with Gasteiger partial charge in [0, 0.05) is 19.7 Å². The van der Waals surface area contributed by atoms with Gasteiger partial charge < -0.3 is 24.5 Å². The van der Waals surface area contributed by atoms with Gasteiger partial charge in [-0.15, -0.1) is 24.0 Å². The maximum atomic E-state index is 5.68.